The summed E-state index contributed by atoms with van der Waals surface area (Å²) in [5, 5.41) is 3.77. The maximum atomic E-state index is 12.6. The smallest absolute Gasteiger partial charge is 0.273 e. The van der Waals surface area contributed by atoms with Crippen molar-refractivity contribution in [2.45, 2.75) is 13.3 Å². The molecule has 0 aliphatic carbocycles. The second-order valence-electron chi connectivity index (χ2n) is 7.05. The van der Waals surface area contributed by atoms with Crippen LogP contribution in [0.3, 0.4) is 0 Å². The first-order valence-electron chi connectivity index (χ1n) is 9.42. The molecular formula is C22H22ClN3O2. The lowest BCUT2D eigenvalue weighted by atomic mass is 10.1. The summed E-state index contributed by atoms with van der Waals surface area (Å²) in [5.41, 5.74) is 2.26. The van der Waals surface area contributed by atoms with E-state index in [1.807, 2.05) is 54.6 Å². The largest absolute Gasteiger partial charge is 0.441 e. The molecule has 1 aliphatic rings. The van der Waals surface area contributed by atoms with E-state index in [9.17, 15) is 4.79 Å². The molecule has 0 spiro atoms. The molecule has 1 N–H and O–H groups in total. The highest BCUT2D eigenvalue weighted by atomic mass is 35.5. The van der Waals surface area contributed by atoms with Crippen LogP contribution in [0.1, 0.15) is 22.7 Å². The highest BCUT2D eigenvalue weighted by Crippen LogP contribution is 2.30. The standard InChI is InChI=1S/C22H22ClN3O2/c1-15-20(25-22(28-15)17-7-3-2-4-8-17)21(27)24-13-16-11-12-26(14-16)19-10-6-5-9-18(19)23/h2-10,16H,11-14H2,1H3,(H,24,27). The van der Waals surface area contributed by atoms with E-state index in [-0.39, 0.29) is 5.91 Å². The van der Waals surface area contributed by atoms with E-state index in [2.05, 4.69) is 15.2 Å². The van der Waals surface area contributed by atoms with E-state index in [4.69, 9.17) is 16.0 Å². The van der Waals surface area contributed by atoms with E-state index in [0.29, 0.717) is 29.8 Å². The van der Waals surface area contributed by atoms with Gasteiger partial charge in [-0.2, -0.15) is 0 Å². The number of halogens is 1. The molecular weight excluding hydrogens is 374 g/mol. The normalized spacial score (nSPS) is 16.4. The van der Waals surface area contributed by atoms with Gasteiger partial charge in [0.2, 0.25) is 5.89 Å². The summed E-state index contributed by atoms with van der Waals surface area (Å²) in [7, 11) is 0. The van der Waals surface area contributed by atoms with E-state index in [0.717, 1.165) is 35.8 Å². The average molecular weight is 396 g/mol. The fourth-order valence-electron chi connectivity index (χ4n) is 3.56. The molecule has 0 bridgehead atoms. The van der Waals surface area contributed by atoms with Gasteiger partial charge in [-0.25, -0.2) is 4.98 Å². The lowest BCUT2D eigenvalue weighted by Crippen LogP contribution is -2.31. The van der Waals surface area contributed by atoms with E-state index in [1.54, 1.807) is 6.92 Å². The maximum absolute atomic E-state index is 12.6. The summed E-state index contributed by atoms with van der Waals surface area (Å²) < 4.78 is 5.69. The minimum Gasteiger partial charge on any atom is -0.441 e. The Labute approximate surface area is 169 Å². The topological polar surface area (TPSA) is 58.4 Å². The zero-order valence-corrected chi connectivity index (χ0v) is 16.4. The highest BCUT2D eigenvalue weighted by molar-refractivity contribution is 6.33. The Kier molecular flexibility index (Phi) is 5.35. The first-order valence-corrected chi connectivity index (χ1v) is 9.80. The van der Waals surface area contributed by atoms with Crippen molar-refractivity contribution < 1.29 is 9.21 Å². The summed E-state index contributed by atoms with van der Waals surface area (Å²) in [6.45, 7) is 4.18. The van der Waals surface area contributed by atoms with Crippen molar-refractivity contribution in [1.29, 1.82) is 0 Å². The number of aryl methyl sites for hydroxylation is 1. The quantitative estimate of drug-likeness (QED) is 0.688. The Balaban J connectivity index is 1.37. The number of amides is 1. The number of aromatic nitrogens is 1. The van der Waals surface area contributed by atoms with Crippen molar-refractivity contribution in [2.75, 3.05) is 24.5 Å². The van der Waals surface area contributed by atoms with Gasteiger partial charge in [0.1, 0.15) is 5.76 Å². The van der Waals surface area contributed by atoms with Gasteiger partial charge in [0.05, 0.1) is 10.7 Å². The zero-order valence-electron chi connectivity index (χ0n) is 15.7. The number of anilines is 1. The second-order valence-corrected chi connectivity index (χ2v) is 7.46. The minimum absolute atomic E-state index is 0.195. The van der Waals surface area contributed by atoms with E-state index < -0.39 is 0 Å². The number of para-hydroxylation sites is 1. The summed E-state index contributed by atoms with van der Waals surface area (Å²) in [6.07, 6.45) is 1.01. The van der Waals surface area contributed by atoms with Crippen LogP contribution < -0.4 is 10.2 Å². The van der Waals surface area contributed by atoms with Gasteiger partial charge >= 0.3 is 0 Å². The summed E-state index contributed by atoms with van der Waals surface area (Å²) in [6, 6.07) is 17.5. The lowest BCUT2D eigenvalue weighted by Gasteiger charge is -2.20. The van der Waals surface area contributed by atoms with Crippen LogP contribution in [0.4, 0.5) is 5.69 Å². The van der Waals surface area contributed by atoms with Crippen LogP contribution in [0.2, 0.25) is 5.02 Å². The number of nitrogens with zero attached hydrogens (tertiary/aromatic N) is 2. The average Bonchev–Trinajstić information content (AvgIpc) is 3.34. The Bertz CT molecular complexity index is 971. The number of rotatable bonds is 5. The van der Waals surface area contributed by atoms with E-state index in [1.165, 1.54) is 0 Å². The van der Waals surface area contributed by atoms with Crippen LogP contribution in [0.5, 0.6) is 0 Å². The van der Waals surface area contributed by atoms with Gasteiger partial charge in [0.15, 0.2) is 5.69 Å². The van der Waals surface area contributed by atoms with Gasteiger partial charge in [-0.15, -0.1) is 0 Å². The van der Waals surface area contributed by atoms with Crippen molar-refractivity contribution in [3.63, 3.8) is 0 Å². The molecule has 1 aromatic heterocycles. The Morgan fingerprint density at radius 2 is 1.96 bits per heavy atom. The SMILES string of the molecule is Cc1oc(-c2ccccc2)nc1C(=O)NCC1CCN(c2ccccc2Cl)C1. The summed E-state index contributed by atoms with van der Waals surface area (Å²) in [4.78, 5) is 19.3. The fraction of sp³-hybridized carbons (Fsp3) is 0.273. The van der Waals surface area contributed by atoms with Gasteiger partial charge < -0.3 is 14.6 Å². The Hall–Kier alpha value is -2.79. The first-order chi connectivity index (χ1) is 13.6. The molecule has 2 aromatic carbocycles. The van der Waals surface area contributed by atoms with Crippen LogP contribution in [0.15, 0.2) is 59.0 Å². The predicted molar refractivity (Wildman–Crippen MR) is 111 cm³/mol. The van der Waals surface area contributed by atoms with Gasteiger partial charge in [0, 0.05) is 25.2 Å². The number of carbonyl (C=O) groups is 1. The third-order valence-electron chi connectivity index (χ3n) is 5.06. The van der Waals surface area contributed by atoms with Crippen molar-refractivity contribution in [1.82, 2.24) is 10.3 Å². The zero-order chi connectivity index (χ0) is 19.5. The molecule has 1 amide bonds. The monoisotopic (exact) mass is 395 g/mol. The van der Waals surface area contributed by atoms with Crippen molar-refractivity contribution in [3.8, 4) is 11.5 Å². The first kappa shape index (κ1) is 18.6. The molecule has 0 saturated carbocycles. The number of hydrogen-bond donors (Lipinski definition) is 1. The molecule has 5 nitrogen and oxygen atoms in total. The Morgan fingerprint density at radius 1 is 1.21 bits per heavy atom. The maximum Gasteiger partial charge on any atom is 0.273 e. The molecule has 144 valence electrons. The number of hydrogen-bond acceptors (Lipinski definition) is 4. The van der Waals surface area contributed by atoms with Gasteiger partial charge in [-0.05, 0) is 43.5 Å². The molecule has 1 atom stereocenters. The van der Waals surface area contributed by atoms with Crippen LogP contribution in [0.25, 0.3) is 11.5 Å². The molecule has 6 heteroatoms. The number of oxazole rings is 1. The molecule has 1 fully saturated rings. The molecule has 3 aromatic rings. The molecule has 1 unspecified atom stereocenters. The number of benzene rings is 2. The van der Waals surface area contributed by atoms with Crippen molar-refractivity contribution in [2.24, 2.45) is 5.92 Å². The van der Waals surface area contributed by atoms with Crippen LogP contribution in [-0.2, 0) is 0 Å². The number of carbonyl (C=O) groups excluding carboxylic acids is 1. The fourth-order valence-corrected chi connectivity index (χ4v) is 3.81. The predicted octanol–water partition coefficient (Wildman–Crippen LogP) is 4.56. The summed E-state index contributed by atoms with van der Waals surface area (Å²) >= 11 is 6.30. The highest BCUT2D eigenvalue weighted by Gasteiger charge is 2.25. The molecule has 4 rings (SSSR count). The van der Waals surface area contributed by atoms with Crippen molar-refractivity contribution >= 4 is 23.2 Å². The minimum atomic E-state index is -0.195. The van der Waals surface area contributed by atoms with Crippen LogP contribution >= 0.6 is 11.6 Å². The molecule has 0 radical (unpaired) electrons. The van der Waals surface area contributed by atoms with Crippen LogP contribution in [0, 0.1) is 12.8 Å². The molecule has 28 heavy (non-hydrogen) atoms. The van der Waals surface area contributed by atoms with Gasteiger partial charge in [-0.1, -0.05) is 41.9 Å². The third kappa shape index (κ3) is 3.90. The van der Waals surface area contributed by atoms with Crippen molar-refractivity contribution in [3.05, 3.63) is 71.1 Å². The molecule has 1 aliphatic heterocycles. The lowest BCUT2D eigenvalue weighted by molar-refractivity contribution is 0.0942. The van der Waals surface area contributed by atoms with E-state index >= 15 is 0 Å². The van der Waals surface area contributed by atoms with Gasteiger partial charge in [0.25, 0.3) is 5.91 Å². The van der Waals surface area contributed by atoms with Crippen LogP contribution in [-0.4, -0.2) is 30.5 Å². The molecule has 2 heterocycles. The third-order valence-corrected chi connectivity index (χ3v) is 5.38. The van der Waals surface area contributed by atoms with Gasteiger partial charge in [-0.3, -0.25) is 4.79 Å². The Morgan fingerprint density at radius 3 is 2.75 bits per heavy atom. The summed E-state index contributed by atoms with van der Waals surface area (Å²) in [5.74, 6) is 1.18. The molecule has 1 saturated heterocycles. The number of nitrogens with one attached hydrogen (secondary N) is 1. The second kappa shape index (κ2) is 8.07.